The molecule has 0 spiro atoms. The molecular weight excluding hydrogens is 444 g/mol. The van der Waals surface area contributed by atoms with Crippen LogP contribution in [0.5, 0.6) is 0 Å². The van der Waals surface area contributed by atoms with E-state index in [2.05, 4.69) is 16.4 Å². The number of hydrogen-bond acceptors (Lipinski definition) is 5. The Morgan fingerprint density at radius 3 is 2.48 bits per heavy atom. The maximum Gasteiger partial charge on any atom is 0.354 e. The van der Waals surface area contributed by atoms with Gasteiger partial charge < -0.3 is 10.4 Å². The summed E-state index contributed by atoms with van der Waals surface area (Å²) < 4.78 is 2.20. The van der Waals surface area contributed by atoms with Crippen LogP contribution in [0, 0.1) is 12.8 Å². The molecule has 0 amide bonds. The van der Waals surface area contributed by atoms with Crippen LogP contribution in [0.2, 0.25) is 5.02 Å². The van der Waals surface area contributed by atoms with Crippen molar-refractivity contribution in [3.05, 3.63) is 85.1 Å². The zero-order chi connectivity index (χ0) is 23.7. The minimum absolute atomic E-state index is 0.0951. The predicted molar refractivity (Wildman–Crippen MR) is 127 cm³/mol. The lowest BCUT2D eigenvalue weighted by molar-refractivity contribution is -0.141. The third-order valence-electron chi connectivity index (χ3n) is 5.82. The number of benzene rings is 2. The molecule has 0 bridgehead atoms. The number of carbonyl (C=O) groups is 1. The summed E-state index contributed by atoms with van der Waals surface area (Å²) in [6, 6.07) is 12.9. The van der Waals surface area contributed by atoms with Crippen molar-refractivity contribution in [3.8, 4) is 0 Å². The second-order valence-corrected chi connectivity index (χ2v) is 8.97. The van der Waals surface area contributed by atoms with Crippen LogP contribution in [0.4, 0.5) is 11.6 Å². The Morgan fingerprint density at radius 1 is 1.18 bits per heavy atom. The maximum absolute atomic E-state index is 13.3. The van der Waals surface area contributed by atoms with Gasteiger partial charge in [-0.05, 0) is 66.6 Å². The molecule has 0 radical (unpaired) electrons. The molecule has 9 heteroatoms. The Morgan fingerprint density at radius 2 is 1.88 bits per heavy atom. The van der Waals surface area contributed by atoms with E-state index in [-0.39, 0.29) is 19.0 Å². The Labute approximate surface area is 195 Å². The summed E-state index contributed by atoms with van der Waals surface area (Å²) in [5.74, 6) is -1.31. The van der Waals surface area contributed by atoms with Crippen molar-refractivity contribution in [1.29, 1.82) is 0 Å². The van der Waals surface area contributed by atoms with E-state index in [0.717, 1.165) is 15.7 Å². The molecule has 1 heterocycles. The molecule has 1 aromatic heterocycles. The number of carboxylic acids is 1. The second-order valence-electron chi connectivity index (χ2n) is 8.53. The minimum atomic E-state index is -1.10. The number of anilines is 2. The van der Waals surface area contributed by atoms with Crippen LogP contribution in [-0.2, 0) is 17.9 Å². The number of hydrogen-bond donors (Lipinski definition) is 2. The van der Waals surface area contributed by atoms with Crippen molar-refractivity contribution in [2.45, 2.75) is 45.7 Å². The summed E-state index contributed by atoms with van der Waals surface area (Å²) >= 11 is 5.98. The van der Waals surface area contributed by atoms with Crippen molar-refractivity contribution in [3.63, 3.8) is 0 Å². The summed E-state index contributed by atoms with van der Waals surface area (Å²) in [6.45, 7) is 3.34. The van der Waals surface area contributed by atoms with Gasteiger partial charge in [0.05, 0.1) is 12.5 Å². The van der Waals surface area contributed by atoms with E-state index >= 15 is 0 Å². The number of nitrogens with one attached hydrogen (secondary N) is 1. The van der Waals surface area contributed by atoms with Crippen molar-refractivity contribution < 1.29 is 9.90 Å². The number of aliphatic carboxylic acids is 1. The van der Waals surface area contributed by atoms with Crippen LogP contribution in [-0.4, -0.2) is 25.2 Å². The Bertz CT molecular complexity index is 1310. The highest BCUT2D eigenvalue weighted by Crippen LogP contribution is 2.42. The molecular formula is C24H25ClN4O4. The normalized spacial score (nSPS) is 14.2. The zero-order valence-electron chi connectivity index (χ0n) is 18.4. The molecule has 172 valence electrons. The Balaban J connectivity index is 1.75. The van der Waals surface area contributed by atoms with Crippen LogP contribution in [0.15, 0.2) is 52.1 Å². The topological polar surface area (TPSA) is 106 Å². The van der Waals surface area contributed by atoms with Gasteiger partial charge in [0.1, 0.15) is 0 Å². The second kappa shape index (κ2) is 9.23. The van der Waals surface area contributed by atoms with Gasteiger partial charge in [-0.3, -0.25) is 9.36 Å². The molecule has 0 saturated heterocycles. The van der Waals surface area contributed by atoms with Gasteiger partial charge in [-0.25, -0.2) is 14.2 Å². The number of nitrogens with zero attached hydrogens (tertiary/aromatic N) is 3. The third-order valence-corrected chi connectivity index (χ3v) is 6.08. The van der Waals surface area contributed by atoms with Gasteiger partial charge in [-0.2, -0.15) is 4.98 Å². The van der Waals surface area contributed by atoms with Crippen LogP contribution in [0.3, 0.4) is 0 Å². The van der Waals surface area contributed by atoms with Gasteiger partial charge in [0.2, 0.25) is 5.95 Å². The van der Waals surface area contributed by atoms with Crippen molar-refractivity contribution >= 4 is 29.2 Å². The van der Waals surface area contributed by atoms with Gasteiger partial charge in [-0.15, -0.1) is 0 Å². The predicted octanol–water partition coefficient (Wildman–Crippen LogP) is 3.76. The Hall–Kier alpha value is -3.39. The highest BCUT2D eigenvalue weighted by atomic mass is 35.5. The monoisotopic (exact) mass is 468 g/mol. The average molecular weight is 469 g/mol. The van der Waals surface area contributed by atoms with E-state index in [9.17, 15) is 19.5 Å². The van der Waals surface area contributed by atoms with E-state index < -0.39 is 23.3 Å². The fourth-order valence-electron chi connectivity index (χ4n) is 3.78. The first-order valence-corrected chi connectivity index (χ1v) is 11.2. The fraction of sp³-hybridized carbons (Fsp3) is 0.333. The van der Waals surface area contributed by atoms with Crippen molar-refractivity contribution in [1.82, 2.24) is 14.1 Å². The molecule has 0 aliphatic heterocycles. The van der Waals surface area contributed by atoms with Crippen LogP contribution >= 0.6 is 11.6 Å². The van der Waals surface area contributed by atoms with Gasteiger partial charge in [-0.1, -0.05) is 36.7 Å². The number of halogens is 1. The smallest absolute Gasteiger partial charge is 0.354 e. The molecule has 1 atom stereocenters. The number of aromatic nitrogens is 3. The first-order chi connectivity index (χ1) is 15.7. The zero-order valence-corrected chi connectivity index (χ0v) is 19.2. The molecule has 2 N–H and O–H groups in total. The molecule has 1 aliphatic carbocycles. The Kier molecular flexibility index (Phi) is 6.37. The molecule has 8 nitrogen and oxygen atoms in total. The summed E-state index contributed by atoms with van der Waals surface area (Å²) in [4.78, 5) is 41.3. The molecule has 1 aliphatic rings. The summed E-state index contributed by atoms with van der Waals surface area (Å²) in [7, 11) is 0. The van der Waals surface area contributed by atoms with E-state index in [0.29, 0.717) is 16.6 Å². The van der Waals surface area contributed by atoms with Gasteiger partial charge in [0.15, 0.2) is 0 Å². The van der Waals surface area contributed by atoms with Crippen molar-refractivity contribution in [2.24, 2.45) is 5.92 Å². The third kappa shape index (κ3) is 5.17. The highest BCUT2D eigenvalue weighted by molar-refractivity contribution is 6.30. The first kappa shape index (κ1) is 22.8. The lowest BCUT2D eigenvalue weighted by atomic mass is 10.0. The van der Waals surface area contributed by atoms with Crippen LogP contribution in [0.25, 0.3) is 0 Å². The van der Waals surface area contributed by atoms with E-state index in [4.69, 9.17) is 11.6 Å². The molecule has 0 unspecified atom stereocenters. The summed E-state index contributed by atoms with van der Waals surface area (Å²) in [5, 5.41) is 12.9. The number of carboxylic acid groups (broad SMARTS) is 1. The molecule has 1 saturated carbocycles. The van der Waals surface area contributed by atoms with Gasteiger partial charge in [0, 0.05) is 17.3 Å². The first-order valence-electron chi connectivity index (χ1n) is 10.8. The van der Waals surface area contributed by atoms with Crippen molar-refractivity contribution in [2.75, 3.05) is 5.32 Å². The quantitative estimate of drug-likeness (QED) is 0.521. The SMILES string of the molecule is Cc1cc(Nc2nc(=O)n(C[C@H](C)C(=O)O)c(=O)n2Cc2ccc(Cl)cc2)ccc1C1CC1. The number of rotatable bonds is 8. The minimum Gasteiger partial charge on any atom is -0.481 e. The molecule has 1 fully saturated rings. The highest BCUT2D eigenvalue weighted by Gasteiger charge is 2.25. The maximum atomic E-state index is 13.3. The molecule has 2 aromatic carbocycles. The van der Waals surface area contributed by atoms with Gasteiger partial charge in [0.25, 0.3) is 0 Å². The molecule has 4 rings (SSSR count). The summed E-state index contributed by atoms with van der Waals surface area (Å²) in [5.41, 5.74) is 2.51. The molecule has 33 heavy (non-hydrogen) atoms. The van der Waals surface area contributed by atoms with E-state index in [1.807, 2.05) is 19.1 Å². The molecule has 3 aromatic rings. The largest absolute Gasteiger partial charge is 0.481 e. The van der Waals surface area contributed by atoms with Crippen LogP contribution in [0.1, 0.15) is 42.4 Å². The fourth-order valence-corrected chi connectivity index (χ4v) is 3.91. The number of aryl methyl sites for hydroxylation is 1. The van der Waals surface area contributed by atoms with E-state index in [1.165, 1.54) is 29.9 Å². The lowest BCUT2D eigenvalue weighted by Gasteiger charge is -2.17. The average Bonchev–Trinajstić information content (AvgIpc) is 3.60. The van der Waals surface area contributed by atoms with Gasteiger partial charge >= 0.3 is 17.3 Å². The standard InChI is InChI=1S/C24H25ClN4O4/c1-14-11-19(9-10-20(14)17-5-6-17)26-22-27-23(32)29(12-15(2)21(30)31)24(33)28(22)13-16-3-7-18(25)8-4-16/h3-4,7-11,15,17H,5-6,12-13H2,1-2H3,(H,30,31)(H,26,27,32)/t15-/m0/s1. The van der Waals surface area contributed by atoms with E-state index in [1.54, 1.807) is 24.3 Å². The van der Waals surface area contributed by atoms with Crippen LogP contribution < -0.4 is 16.7 Å². The summed E-state index contributed by atoms with van der Waals surface area (Å²) in [6.07, 6.45) is 2.39. The lowest BCUT2D eigenvalue weighted by Crippen LogP contribution is -2.44.